The van der Waals surface area contributed by atoms with Gasteiger partial charge in [-0.15, -0.1) is 0 Å². The molecule has 0 aliphatic rings. The molecule has 0 unspecified atom stereocenters. The number of hydrogen-bond acceptors (Lipinski definition) is 2. The minimum atomic E-state index is 0.661. The van der Waals surface area contributed by atoms with Crippen LogP contribution in [0.3, 0.4) is 0 Å². The molecule has 14 heavy (non-hydrogen) atoms. The zero-order valence-corrected chi connectivity index (χ0v) is 10.3. The molecule has 86 valence electrons. The summed E-state index contributed by atoms with van der Waals surface area (Å²) in [4.78, 5) is 0. The minimum Gasteiger partial charge on any atom is -0.381 e. The largest absolute Gasteiger partial charge is 0.381 e. The third-order valence-electron chi connectivity index (χ3n) is 1.90. The molecule has 0 aliphatic carbocycles. The van der Waals surface area contributed by atoms with Crippen LogP contribution in [0.1, 0.15) is 40.5 Å². The van der Waals surface area contributed by atoms with Crippen molar-refractivity contribution in [1.82, 2.24) is 5.32 Å². The highest BCUT2D eigenvalue weighted by Gasteiger charge is 1.95. The van der Waals surface area contributed by atoms with Crippen LogP contribution in [0.15, 0.2) is 0 Å². The maximum absolute atomic E-state index is 5.49. The van der Waals surface area contributed by atoms with Gasteiger partial charge in [0.25, 0.3) is 0 Å². The van der Waals surface area contributed by atoms with E-state index in [2.05, 4.69) is 33.0 Å². The molecule has 0 aromatic carbocycles. The Morgan fingerprint density at radius 3 is 2.29 bits per heavy atom. The number of nitrogens with one attached hydrogen (secondary N) is 1. The van der Waals surface area contributed by atoms with E-state index < -0.39 is 0 Å². The quantitative estimate of drug-likeness (QED) is 0.579. The van der Waals surface area contributed by atoms with E-state index >= 15 is 0 Å². The molecule has 2 nitrogen and oxygen atoms in total. The minimum absolute atomic E-state index is 0.661. The van der Waals surface area contributed by atoms with Crippen molar-refractivity contribution < 1.29 is 4.74 Å². The van der Waals surface area contributed by atoms with Crippen LogP contribution in [0, 0.1) is 11.8 Å². The molecule has 0 fully saturated rings. The topological polar surface area (TPSA) is 21.3 Å². The fourth-order valence-electron chi connectivity index (χ4n) is 1.16. The predicted molar refractivity (Wildman–Crippen MR) is 62.6 cm³/mol. The lowest BCUT2D eigenvalue weighted by Crippen LogP contribution is -2.21. The van der Waals surface area contributed by atoms with Crippen molar-refractivity contribution in [2.75, 3.05) is 26.3 Å². The van der Waals surface area contributed by atoms with Gasteiger partial charge >= 0.3 is 0 Å². The highest BCUT2D eigenvalue weighted by atomic mass is 16.5. The second kappa shape index (κ2) is 9.47. The van der Waals surface area contributed by atoms with Gasteiger partial charge in [-0.05, 0) is 37.8 Å². The molecule has 0 atom stereocenters. The summed E-state index contributed by atoms with van der Waals surface area (Å²) in [5, 5.41) is 3.43. The Labute approximate surface area is 89.4 Å². The van der Waals surface area contributed by atoms with E-state index in [1.165, 1.54) is 12.8 Å². The van der Waals surface area contributed by atoms with Gasteiger partial charge in [-0.3, -0.25) is 0 Å². The normalized spacial score (nSPS) is 11.6. The summed E-state index contributed by atoms with van der Waals surface area (Å²) in [6, 6.07) is 0. The average Bonchev–Trinajstić information content (AvgIpc) is 2.08. The lowest BCUT2D eigenvalue weighted by Gasteiger charge is -2.08. The average molecular weight is 201 g/mol. The lowest BCUT2D eigenvalue weighted by molar-refractivity contribution is 0.107. The number of unbranched alkanes of at least 4 members (excludes halogenated alkanes) is 1. The van der Waals surface area contributed by atoms with Gasteiger partial charge in [0.15, 0.2) is 0 Å². The van der Waals surface area contributed by atoms with E-state index in [0.717, 1.165) is 32.2 Å². The van der Waals surface area contributed by atoms with E-state index in [9.17, 15) is 0 Å². The molecule has 0 aromatic rings. The Hall–Kier alpha value is -0.0800. The van der Waals surface area contributed by atoms with Crippen LogP contribution in [-0.4, -0.2) is 26.3 Å². The molecule has 0 amide bonds. The van der Waals surface area contributed by atoms with E-state index in [1.807, 2.05) is 0 Å². The van der Waals surface area contributed by atoms with Crippen molar-refractivity contribution >= 4 is 0 Å². The maximum Gasteiger partial charge on any atom is 0.0488 e. The Balaban J connectivity index is 2.92. The summed E-state index contributed by atoms with van der Waals surface area (Å²) in [7, 11) is 0. The summed E-state index contributed by atoms with van der Waals surface area (Å²) in [5.41, 5.74) is 0. The first-order chi connectivity index (χ1) is 6.63. The van der Waals surface area contributed by atoms with E-state index in [0.29, 0.717) is 5.92 Å². The van der Waals surface area contributed by atoms with Gasteiger partial charge in [-0.1, -0.05) is 27.7 Å². The summed E-state index contributed by atoms with van der Waals surface area (Å²) < 4.78 is 5.49. The summed E-state index contributed by atoms with van der Waals surface area (Å²) >= 11 is 0. The zero-order chi connectivity index (χ0) is 10.8. The first kappa shape index (κ1) is 13.9. The first-order valence-corrected chi connectivity index (χ1v) is 5.91. The van der Waals surface area contributed by atoms with Gasteiger partial charge < -0.3 is 10.1 Å². The fraction of sp³-hybridized carbons (Fsp3) is 1.00. The van der Waals surface area contributed by atoms with Gasteiger partial charge in [0.05, 0.1) is 0 Å². The van der Waals surface area contributed by atoms with Crippen LogP contribution in [0.25, 0.3) is 0 Å². The number of rotatable bonds is 9. The van der Waals surface area contributed by atoms with Gasteiger partial charge in [0.2, 0.25) is 0 Å². The Morgan fingerprint density at radius 1 is 1.00 bits per heavy atom. The standard InChI is InChI=1S/C12H27NO/c1-11(2)9-13-7-5-6-8-14-10-12(3)4/h11-13H,5-10H2,1-4H3. The molecule has 0 saturated heterocycles. The van der Waals surface area contributed by atoms with Crippen LogP contribution >= 0.6 is 0 Å². The maximum atomic E-state index is 5.49. The molecule has 0 heterocycles. The van der Waals surface area contributed by atoms with Crippen molar-refractivity contribution in [1.29, 1.82) is 0 Å². The van der Waals surface area contributed by atoms with Crippen molar-refractivity contribution in [3.8, 4) is 0 Å². The molecule has 1 N–H and O–H groups in total. The highest BCUT2D eigenvalue weighted by molar-refractivity contribution is 4.51. The van der Waals surface area contributed by atoms with Gasteiger partial charge in [-0.25, -0.2) is 0 Å². The smallest absolute Gasteiger partial charge is 0.0488 e. The molecular weight excluding hydrogens is 174 g/mol. The van der Waals surface area contributed by atoms with E-state index in [1.54, 1.807) is 0 Å². The molecule has 2 heteroatoms. The van der Waals surface area contributed by atoms with E-state index in [-0.39, 0.29) is 0 Å². The summed E-state index contributed by atoms with van der Waals surface area (Å²) in [6.07, 6.45) is 2.41. The Kier molecular flexibility index (Phi) is 9.42. The van der Waals surface area contributed by atoms with Crippen molar-refractivity contribution in [2.45, 2.75) is 40.5 Å². The molecule has 0 aromatic heterocycles. The summed E-state index contributed by atoms with van der Waals surface area (Å²) in [5.74, 6) is 1.42. The monoisotopic (exact) mass is 201 g/mol. The third-order valence-corrected chi connectivity index (χ3v) is 1.90. The predicted octanol–water partition coefficient (Wildman–Crippen LogP) is 2.68. The van der Waals surface area contributed by atoms with E-state index in [4.69, 9.17) is 4.74 Å². The third kappa shape index (κ3) is 11.9. The Morgan fingerprint density at radius 2 is 1.71 bits per heavy atom. The second-order valence-corrected chi connectivity index (χ2v) is 4.77. The number of hydrogen-bond donors (Lipinski definition) is 1. The summed E-state index contributed by atoms with van der Waals surface area (Å²) in [6.45, 7) is 12.9. The van der Waals surface area contributed by atoms with Crippen molar-refractivity contribution in [2.24, 2.45) is 11.8 Å². The zero-order valence-electron chi connectivity index (χ0n) is 10.3. The van der Waals surface area contributed by atoms with Gasteiger partial charge in [0, 0.05) is 13.2 Å². The SMILES string of the molecule is CC(C)CNCCCCOCC(C)C. The molecule has 0 saturated carbocycles. The van der Waals surface area contributed by atoms with Crippen LogP contribution in [-0.2, 0) is 4.74 Å². The van der Waals surface area contributed by atoms with Crippen LogP contribution in [0.5, 0.6) is 0 Å². The van der Waals surface area contributed by atoms with Crippen LogP contribution in [0.2, 0.25) is 0 Å². The van der Waals surface area contributed by atoms with Crippen LogP contribution < -0.4 is 5.32 Å². The first-order valence-electron chi connectivity index (χ1n) is 5.91. The Bertz CT molecular complexity index is 98.9. The van der Waals surface area contributed by atoms with Gasteiger partial charge in [-0.2, -0.15) is 0 Å². The van der Waals surface area contributed by atoms with Crippen LogP contribution in [0.4, 0.5) is 0 Å². The number of ether oxygens (including phenoxy) is 1. The lowest BCUT2D eigenvalue weighted by atomic mass is 10.2. The van der Waals surface area contributed by atoms with Gasteiger partial charge in [0.1, 0.15) is 0 Å². The fourth-order valence-corrected chi connectivity index (χ4v) is 1.16. The molecule has 0 rings (SSSR count). The molecule has 0 aliphatic heterocycles. The molecule has 0 bridgehead atoms. The highest BCUT2D eigenvalue weighted by Crippen LogP contribution is 1.95. The molecule has 0 spiro atoms. The molecule has 0 radical (unpaired) electrons. The van der Waals surface area contributed by atoms with Crippen molar-refractivity contribution in [3.63, 3.8) is 0 Å². The second-order valence-electron chi connectivity index (χ2n) is 4.77. The van der Waals surface area contributed by atoms with Crippen molar-refractivity contribution in [3.05, 3.63) is 0 Å². The molecular formula is C12H27NO.